The van der Waals surface area contributed by atoms with E-state index < -0.39 is 0 Å². The summed E-state index contributed by atoms with van der Waals surface area (Å²) in [6, 6.07) is 9.54. The van der Waals surface area contributed by atoms with Crippen molar-refractivity contribution in [1.82, 2.24) is 4.90 Å². The predicted octanol–water partition coefficient (Wildman–Crippen LogP) is 3.55. The van der Waals surface area contributed by atoms with E-state index in [1.165, 1.54) is 18.4 Å². The van der Waals surface area contributed by atoms with Crippen molar-refractivity contribution >= 4 is 23.2 Å². The molecule has 3 rings (SSSR count). The summed E-state index contributed by atoms with van der Waals surface area (Å²) in [6.45, 7) is 3.50. The van der Waals surface area contributed by atoms with Crippen LogP contribution in [0.3, 0.4) is 0 Å². The van der Waals surface area contributed by atoms with E-state index in [4.69, 9.17) is 4.74 Å². The van der Waals surface area contributed by atoms with Gasteiger partial charge in [0.25, 0.3) is 5.91 Å². The zero-order valence-electron chi connectivity index (χ0n) is 14.0. The third-order valence-electron chi connectivity index (χ3n) is 4.56. The molecule has 1 aliphatic rings. The first-order chi connectivity index (χ1) is 11.6. The minimum atomic E-state index is -0.300. The van der Waals surface area contributed by atoms with Gasteiger partial charge in [0.1, 0.15) is 0 Å². The van der Waals surface area contributed by atoms with Crippen molar-refractivity contribution in [2.24, 2.45) is 5.92 Å². The fraction of sp³-hybridized carbons (Fsp3) is 0.368. The lowest BCUT2D eigenvalue weighted by atomic mass is 9.95. The van der Waals surface area contributed by atoms with Gasteiger partial charge < -0.3 is 9.64 Å². The van der Waals surface area contributed by atoms with Crippen molar-refractivity contribution in [3.8, 4) is 0 Å². The molecule has 126 valence electrons. The van der Waals surface area contributed by atoms with Gasteiger partial charge >= 0.3 is 5.97 Å². The summed E-state index contributed by atoms with van der Waals surface area (Å²) in [7, 11) is 1.40. The van der Waals surface area contributed by atoms with Crippen LogP contribution in [0.1, 0.15) is 37.6 Å². The van der Waals surface area contributed by atoms with Gasteiger partial charge in [-0.1, -0.05) is 18.2 Å². The Balaban J connectivity index is 1.68. The van der Waals surface area contributed by atoms with Crippen molar-refractivity contribution in [3.05, 3.63) is 57.3 Å². The zero-order chi connectivity index (χ0) is 17.1. The van der Waals surface area contributed by atoms with Crippen LogP contribution in [0.4, 0.5) is 0 Å². The van der Waals surface area contributed by atoms with Crippen LogP contribution in [0.25, 0.3) is 0 Å². The summed E-state index contributed by atoms with van der Waals surface area (Å²) in [5.74, 6) is 0.206. The van der Waals surface area contributed by atoms with Gasteiger partial charge in [-0.2, -0.15) is 0 Å². The Hall–Kier alpha value is -2.14. The van der Waals surface area contributed by atoms with Gasteiger partial charge in [-0.25, -0.2) is 4.79 Å². The maximum absolute atomic E-state index is 12.6. The van der Waals surface area contributed by atoms with E-state index in [9.17, 15) is 9.59 Å². The lowest BCUT2D eigenvalue weighted by molar-refractivity contribution is 0.0598. The first-order valence-corrected chi connectivity index (χ1v) is 8.97. The lowest BCUT2D eigenvalue weighted by Crippen LogP contribution is -2.28. The second kappa shape index (κ2) is 7.18. The van der Waals surface area contributed by atoms with Crippen molar-refractivity contribution in [3.63, 3.8) is 0 Å². The Morgan fingerprint density at radius 1 is 1.29 bits per heavy atom. The maximum Gasteiger partial charge on any atom is 0.338 e. The molecule has 1 unspecified atom stereocenters. The van der Waals surface area contributed by atoms with Gasteiger partial charge in [0, 0.05) is 13.1 Å². The quantitative estimate of drug-likeness (QED) is 0.798. The average Bonchev–Trinajstić information content (AvgIpc) is 3.23. The number of nitrogens with zero attached hydrogens (tertiary/aromatic N) is 1. The number of benzene rings is 1. The van der Waals surface area contributed by atoms with Gasteiger partial charge in [0.15, 0.2) is 0 Å². The number of amides is 1. The molecule has 4 nitrogen and oxygen atoms in total. The largest absolute Gasteiger partial charge is 0.465 e. The van der Waals surface area contributed by atoms with Gasteiger partial charge in [0.05, 0.1) is 17.6 Å². The number of ether oxygens (including phenoxy) is 1. The number of carbonyl (C=O) groups is 2. The summed E-state index contributed by atoms with van der Waals surface area (Å²) in [6.07, 6.45) is 1.75. The number of methoxy groups -OCH3 is 1. The molecule has 0 N–H and O–H groups in total. The van der Waals surface area contributed by atoms with Gasteiger partial charge in [0.2, 0.25) is 0 Å². The number of thiophene rings is 1. The summed E-state index contributed by atoms with van der Waals surface area (Å²) in [5.41, 5.74) is 2.67. The fourth-order valence-electron chi connectivity index (χ4n) is 3.24. The molecule has 2 aromatic rings. The molecule has 5 heteroatoms. The van der Waals surface area contributed by atoms with E-state index in [1.54, 1.807) is 6.07 Å². The second-order valence-corrected chi connectivity index (χ2v) is 7.11. The number of rotatable bonds is 4. The van der Waals surface area contributed by atoms with Gasteiger partial charge in [-0.3, -0.25) is 4.79 Å². The highest BCUT2D eigenvalue weighted by Crippen LogP contribution is 2.26. The highest BCUT2D eigenvalue weighted by Gasteiger charge is 2.29. The molecule has 0 saturated carbocycles. The van der Waals surface area contributed by atoms with Crippen molar-refractivity contribution < 1.29 is 14.3 Å². The van der Waals surface area contributed by atoms with Crippen LogP contribution in [0, 0.1) is 12.8 Å². The topological polar surface area (TPSA) is 46.6 Å². The Labute approximate surface area is 146 Å². The van der Waals surface area contributed by atoms with Crippen LogP contribution in [0.5, 0.6) is 0 Å². The van der Waals surface area contributed by atoms with E-state index >= 15 is 0 Å². The molecule has 0 bridgehead atoms. The van der Waals surface area contributed by atoms with Gasteiger partial charge in [-0.05, 0) is 54.3 Å². The highest BCUT2D eigenvalue weighted by atomic mass is 32.1. The molecule has 0 spiro atoms. The smallest absolute Gasteiger partial charge is 0.338 e. The van der Waals surface area contributed by atoms with Crippen molar-refractivity contribution in [2.75, 3.05) is 20.2 Å². The highest BCUT2D eigenvalue weighted by molar-refractivity contribution is 7.12. The maximum atomic E-state index is 12.6. The molecule has 2 heterocycles. The van der Waals surface area contributed by atoms with Gasteiger partial charge in [-0.15, -0.1) is 11.3 Å². The first-order valence-electron chi connectivity index (χ1n) is 8.09. The molecule has 0 aliphatic carbocycles. The van der Waals surface area contributed by atoms with Crippen LogP contribution in [-0.4, -0.2) is 37.0 Å². The Morgan fingerprint density at radius 3 is 2.79 bits per heavy atom. The van der Waals surface area contributed by atoms with Crippen LogP contribution in [0.15, 0.2) is 35.7 Å². The standard InChI is InChI=1S/C19H21NO3S/c1-13-8-10-24-17(13)18(21)20-9-7-14(12-20)11-15-5-3-4-6-16(15)19(22)23-2/h3-6,8,10,14H,7,9,11-12H2,1-2H3. The number of esters is 1. The number of hydrogen-bond acceptors (Lipinski definition) is 4. The lowest BCUT2D eigenvalue weighted by Gasteiger charge is -2.17. The van der Waals surface area contributed by atoms with Crippen LogP contribution in [0.2, 0.25) is 0 Å². The number of likely N-dealkylation sites (tertiary alicyclic amines) is 1. The molecule has 1 aromatic heterocycles. The van der Waals surface area contributed by atoms with E-state index in [1.807, 2.05) is 41.5 Å². The first kappa shape index (κ1) is 16.7. The van der Waals surface area contributed by atoms with E-state index in [2.05, 4.69) is 0 Å². The molecule has 1 atom stereocenters. The van der Waals surface area contributed by atoms with Crippen molar-refractivity contribution in [1.29, 1.82) is 0 Å². The molecule has 1 saturated heterocycles. The minimum absolute atomic E-state index is 0.131. The third kappa shape index (κ3) is 3.36. The van der Waals surface area contributed by atoms with E-state index in [0.717, 1.165) is 41.9 Å². The molecule has 1 aliphatic heterocycles. The predicted molar refractivity (Wildman–Crippen MR) is 94.6 cm³/mol. The third-order valence-corrected chi connectivity index (χ3v) is 5.57. The van der Waals surface area contributed by atoms with E-state index in [-0.39, 0.29) is 11.9 Å². The van der Waals surface area contributed by atoms with Crippen molar-refractivity contribution in [2.45, 2.75) is 19.8 Å². The van der Waals surface area contributed by atoms with Crippen LogP contribution >= 0.6 is 11.3 Å². The average molecular weight is 343 g/mol. The molecule has 1 amide bonds. The second-order valence-electron chi connectivity index (χ2n) is 6.19. The number of carbonyl (C=O) groups excluding carboxylic acids is 2. The summed E-state index contributed by atoms with van der Waals surface area (Å²) < 4.78 is 4.86. The zero-order valence-corrected chi connectivity index (χ0v) is 14.8. The molecule has 1 fully saturated rings. The summed E-state index contributed by atoms with van der Waals surface area (Å²) in [5, 5.41) is 1.96. The Bertz CT molecular complexity index is 753. The normalized spacial score (nSPS) is 17.1. The number of hydrogen-bond donors (Lipinski definition) is 0. The van der Waals surface area contributed by atoms with E-state index in [0.29, 0.717) is 11.5 Å². The SMILES string of the molecule is COC(=O)c1ccccc1CC1CCN(C(=O)c2sccc2C)C1. The minimum Gasteiger partial charge on any atom is -0.465 e. The Morgan fingerprint density at radius 2 is 2.08 bits per heavy atom. The fourth-order valence-corrected chi connectivity index (χ4v) is 4.13. The summed E-state index contributed by atoms with van der Waals surface area (Å²) >= 11 is 1.51. The monoisotopic (exact) mass is 343 g/mol. The molecular formula is C19H21NO3S. The van der Waals surface area contributed by atoms with Crippen LogP contribution < -0.4 is 0 Å². The Kier molecular flexibility index (Phi) is 5.00. The van der Waals surface area contributed by atoms with Crippen LogP contribution in [-0.2, 0) is 11.2 Å². The molecular weight excluding hydrogens is 322 g/mol. The molecule has 0 radical (unpaired) electrons. The number of aryl methyl sites for hydroxylation is 1. The molecule has 1 aromatic carbocycles. The molecule has 24 heavy (non-hydrogen) atoms. The summed E-state index contributed by atoms with van der Waals surface area (Å²) in [4.78, 5) is 27.3.